The molecule has 1 rings (SSSR count). The van der Waals surface area contributed by atoms with E-state index in [-0.39, 0.29) is 5.78 Å². The van der Waals surface area contributed by atoms with Crippen molar-refractivity contribution in [2.24, 2.45) is 5.73 Å². The van der Waals surface area contributed by atoms with Crippen LogP contribution in [0, 0.1) is 6.92 Å². The van der Waals surface area contributed by atoms with E-state index in [4.69, 9.17) is 5.73 Å². The number of aryl methyl sites for hydroxylation is 1. The zero-order valence-corrected chi connectivity index (χ0v) is 9.24. The van der Waals surface area contributed by atoms with E-state index in [1.165, 1.54) is 0 Å². The fraction of sp³-hybridized carbons (Fsp3) is 0.200. The highest BCUT2D eigenvalue weighted by atomic mass is 79.9. The van der Waals surface area contributed by atoms with Crippen LogP contribution in [0.25, 0.3) is 0 Å². The van der Waals surface area contributed by atoms with Gasteiger partial charge in [0.05, 0.1) is 0 Å². The number of alkyl halides is 1. The van der Waals surface area contributed by atoms with Crippen molar-refractivity contribution in [1.82, 2.24) is 0 Å². The van der Waals surface area contributed by atoms with Crippen LogP contribution in [0.4, 0.5) is 0 Å². The van der Waals surface area contributed by atoms with Crippen molar-refractivity contribution in [1.29, 1.82) is 0 Å². The zero-order chi connectivity index (χ0) is 10.7. The Morgan fingerprint density at radius 1 is 1.29 bits per heavy atom. The number of ketones is 1. The number of hydrogen-bond acceptors (Lipinski definition) is 2. The Balaban J connectivity index is 2.90. The molecule has 74 valence electrons. The average molecular weight is 256 g/mol. The van der Waals surface area contributed by atoms with Gasteiger partial charge in [-0.25, -0.2) is 0 Å². The van der Waals surface area contributed by atoms with Gasteiger partial charge in [0, 0.05) is 5.56 Å². The minimum absolute atomic E-state index is 0.308. The molecule has 0 unspecified atom stereocenters. The van der Waals surface area contributed by atoms with E-state index in [9.17, 15) is 9.59 Å². The number of carbonyl (C=O) groups excluding carboxylic acids is 2. The van der Waals surface area contributed by atoms with Crippen LogP contribution in [-0.2, 0) is 4.79 Å². The first-order chi connectivity index (χ1) is 6.52. The molecule has 0 aliphatic carbocycles. The highest BCUT2D eigenvalue weighted by Gasteiger charge is 2.21. The highest BCUT2D eigenvalue weighted by Crippen LogP contribution is 2.11. The summed E-state index contributed by atoms with van der Waals surface area (Å²) in [6.45, 7) is 1.92. The quantitative estimate of drug-likeness (QED) is 0.505. The minimum Gasteiger partial charge on any atom is -0.368 e. The SMILES string of the molecule is Cc1ccc(C(=O)[C@@H](Br)C(N)=O)cc1. The van der Waals surface area contributed by atoms with E-state index >= 15 is 0 Å². The number of nitrogens with two attached hydrogens (primary N) is 1. The standard InChI is InChI=1S/C10H10BrNO2/c1-6-2-4-7(5-3-6)9(13)8(11)10(12)14/h2-5,8H,1H3,(H2,12,14)/t8-/m1/s1. The molecule has 0 aromatic heterocycles. The second-order valence-corrected chi connectivity index (χ2v) is 3.91. The average Bonchev–Trinajstić information content (AvgIpc) is 2.16. The maximum Gasteiger partial charge on any atom is 0.239 e. The first-order valence-electron chi connectivity index (χ1n) is 4.06. The van der Waals surface area contributed by atoms with Crippen LogP contribution in [0.5, 0.6) is 0 Å². The molecule has 0 aliphatic rings. The van der Waals surface area contributed by atoms with Gasteiger partial charge in [-0.1, -0.05) is 45.8 Å². The van der Waals surface area contributed by atoms with Gasteiger partial charge in [0.15, 0.2) is 10.6 Å². The molecule has 0 radical (unpaired) electrons. The van der Waals surface area contributed by atoms with Crippen LogP contribution in [0.1, 0.15) is 15.9 Å². The van der Waals surface area contributed by atoms with Crippen molar-refractivity contribution >= 4 is 27.6 Å². The van der Waals surface area contributed by atoms with E-state index < -0.39 is 10.7 Å². The molecule has 1 atom stereocenters. The fourth-order valence-electron chi connectivity index (χ4n) is 0.993. The van der Waals surface area contributed by atoms with Gasteiger partial charge in [-0.3, -0.25) is 9.59 Å². The number of halogens is 1. The van der Waals surface area contributed by atoms with Gasteiger partial charge in [0.1, 0.15) is 0 Å². The molecule has 0 saturated heterocycles. The molecule has 0 saturated carbocycles. The normalized spacial score (nSPS) is 12.1. The molecule has 14 heavy (non-hydrogen) atoms. The number of Topliss-reactive ketones (excluding diaryl/α,β-unsaturated/α-hetero) is 1. The molecular formula is C10H10BrNO2. The van der Waals surface area contributed by atoms with Gasteiger partial charge in [0.2, 0.25) is 5.91 Å². The minimum atomic E-state index is -0.940. The molecule has 3 nitrogen and oxygen atoms in total. The molecule has 0 bridgehead atoms. The molecular weight excluding hydrogens is 246 g/mol. The van der Waals surface area contributed by atoms with Crippen molar-refractivity contribution in [2.75, 3.05) is 0 Å². The van der Waals surface area contributed by atoms with Crippen LogP contribution in [0.3, 0.4) is 0 Å². The maximum absolute atomic E-state index is 11.5. The van der Waals surface area contributed by atoms with Crippen LogP contribution in [-0.4, -0.2) is 16.5 Å². The predicted octanol–water partition coefficient (Wildman–Crippen LogP) is 1.43. The van der Waals surface area contributed by atoms with Crippen LogP contribution in [0.15, 0.2) is 24.3 Å². The van der Waals surface area contributed by atoms with Crippen molar-refractivity contribution in [3.8, 4) is 0 Å². The molecule has 4 heteroatoms. The molecule has 1 aromatic carbocycles. The van der Waals surface area contributed by atoms with E-state index in [1.807, 2.05) is 19.1 Å². The lowest BCUT2D eigenvalue weighted by molar-refractivity contribution is -0.116. The molecule has 0 fully saturated rings. The van der Waals surface area contributed by atoms with Gasteiger partial charge < -0.3 is 5.73 Å². The molecule has 2 N–H and O–H groups in total. The van der Waals surface area contributed by atoms with Gasteiger partial charge >= 0.3 is 0 Å². The van der Waals surface area contributed by atoms with E-state index in [2.05, 4.69) is 15.9 Å². The molecule has 1 amide bonds. The lowest BCUT2D eigenvalue weighted by Crippen LogP contribution is -2.30. The van der Waals surface area contributed by atoms with Gasteiger partial charge in [0.25, 0.3) is 0 Å². The Kier molecular flexibility index (Phi) is 3.41. The van der Waals surface area contributed by atoms with Crippen LogP contribution >= 0.6 is 15.9 Å². The number of amides is 1. The van der Waals surface area contributed by atoms with E-state index in [0.717, 1.165) is 5.56 Å². The second kappa shape index (κ2) is 4.37. The summed E-state index contributed by atoms with van der Waals surface area (Å²) in [6, 6.07) is 6.98. The molecule has 0 aliphatic heterocycles. The van der Waals surface area contributed by atoms with Crippen LogP contribution < -0.4 is 5.73 Å². The smallest absolute Gasteiger partial charge is 0.239 e. The summed E-state index contributed by atoms with van der Waals surface area (Å²) >= 11 is 2.94. The lowest BCUT2D eigenvalue weighted by Gasteiger charge is -2.04. The Morgan fingerprint density at radius 2 is 1.79 bits per heavy atom. The second-order valence-electron chi connectivity index (χ2n) is 3.00. The first kappa shape index (κ1) is 10.9. The zero-order valence-electron chi connectivity index (χ0n) is 7.66. The summed E-state index contributed by atoms with van der Waals surface area (Å²) in [5.74, 6) is -0.979. The summed E-state index contributed by atoms with van der Waals surface area (Å²) in [7, 11) is 0. The lowest BCUT2D eigenvalue weighted by atomic mass is 10.1. The van der Waals surface area contributed by atoms with Gasteiger partial charge in [-0.2, -0.15) is 0 Å². The van der Waals surface area contributed by atoms with Gasteiger partial charge in [-0.05, 0) is 6.92 Å². The van der Waals surface area contributed by atoms with E-state index in [0.29, 0.717) is 5.56 Å². The number of primary amides is 1. The van der Waals surface area contributed by atoms with Crippen molar-refractivity contribution < 1.29 is 9.59 Å². The summed E-state index contributed by atoms with van der Waals surface area (Å²) in [5.41, 5.74) is 6.54. The Bertz CT molecular complexity index is 359. The highest BCUT2D eigenvalue weighted by molar-refractivity contribution is 9.10. The number of rotatable bonds is 3. The van der Waals surface area contributed by atoms with Gasteiger partial charge in [-0.15, -0.1) is 0 Å². The summed E-state index contributed by atoms with van der Waals surface area (Å²) < 4.78 is 0. The van der Waals surface area contributed by atoms with E-state index in [1.54, 1.807) is 12.1 Å². The largest absolute Gasteiger partial charge is 0.368 e. The Labute approximate surface area is 90.4 Å². The number of hydrogen-bond donors (Lipinski definition) is 1. The summed E-state index contributed by atoms with van der Waals surface area (Å²) in [6.07, 6.45) is 0. The maximum atomic E-state index is 11.5. The van der Waals surface area contributed by atoms with Crippen molar-refractivity contribution in [2.45, 2.75) is 11.8 Å². The van der Waals surface area contributed by atoms with Crippen molar-refractivity contribution in [3.63, 3.8) is 0 Å². The summed E-state index contributed by atoms with van der Waals surface area (Å²) in [4.78, 5) is 21.3. The first-order valence-corrected chi connectivity index (χ1v) is 4.98. The third-order valence-electron chi connectivity index (χ3n) is 1.82. The van der Waals surface area contributed by atoms with Crippen LogP contribution in [0.2, 0.25) is 0 Å². The monoisotopic (exact) mass is 255 g/mol. The number of carbonyl (C=O) groups is 2. The number of benzene rings is 1. The molecule has 1 aromatic rings. The summed E-state index contributed by atoms with van der Waals surface area (Å²) in [5, 5.41) is 0. The predicted molar refractivity (Wildman–Crippen MR) is 57.4 cm³/mol. The molecule has 0 spiro atoms. The molecule has 0 heterocycles. The Hall–Kier alpha value is -1.16. The topological polar surface area (TPSA) is 60.2 Å². The third kappa shape index (κ3) is 2.42. The fourth-order valence-corrected chi connectivity index (χ4v) is 1.26. The Morgan fingerprint density at radius 3 is 2.21 bits per heavy atom. The van der Waals surface area contributed by atoms with Crippen molar-refractivity contribution in [3.05, 3.63) is 35.4 Å². The third-order valence-corrected chi connectivity index (χ3v) is 2.68.